The van der Waals surface area contributed by atoms with Crippen LogP contribution in [-0.2, 0) is 9.31 Å². The van der Waals surface area contributed by atoms with Crippen molar-refractivity contribution in [2.75, 3.05) is 0 Å². The minimum atomic E-state index is -1.26. The summed E-state index contributed by atoms with van der Waals surface area (Å²) in [4.78, 5) is 0. The van der Waals surface area contributed by atoms with Gasteiger partial charge in [-0.3, -0.25) is 0 Å². The topological polar surface area (TPSA) is 18.5 Å². The van der Waals surface area contributed by atoms with Crippen molar-refractivity contribution < 1.29 is 9.31 Å². The van der Waals surface area contributed by atoms with Crippen LogP contribution in [0.5, 0.6) is 0 Å². The zero-order valence-corrected chi connectivity index (χ0v) is 12.6. The van der Waals surface area contributed by atoms with E-state index in [2.05, 4.69) is 47.4 Å². The summed E-state index contributed by atoms with van der Waals surface area (Å²) in [6.45, 7) is 17.0. The molecular formula is C12H25BO2Si. The van der Waals surface area contributed by atoms with Crippen LogP contribution in [0.15, 0.2) is 12.7 Å². The molecule has 0 aliphatic carbocycles. The third-order valence-corrected chi connectivity index (χ3v) is 6.55. The Bertz CT molecular complexity index is 258. The summed E-state index contributed by atoms with van der Waals surface area (Å²) in [5.41, 5.74) is -0.396. The first-order chi connectivity index (χ1) is 7.10. The van der Waals surface area contributed by atoms with Crippen LogP contribution < -0.4 is 0 Å². The van der Waals surface area contributed by atoms with Gasteiger partial charge in [-0.25, -0.2) is 0 Å². The Morgan fingerprint density at radius 2 is 1.56 bits per heavy atom. The highest BCUT2D eigenvalue weighted by Crippen LogP contribution is 2.39. The van der Waals surface area contributed by atoms with E-state index >= 15 is 0 Å². The van der Waals surface area contributed by atoms with E-state index in [1.54, 1.807) is 0 Å². The minimum Gasteiger partial charge on any atom is -0.403 e. The summed E-state index contributed by atoms with van der Waals surface area (Å²) in [5, 5.41) is 0. The monoisotopic (exact) mass is 240 g/mol. The van der Waals surface area contributed by atoms with Gasteiger partial charge >= 0.3 is 7.12 Å². The molecular weight excluding hydrogens is 215 g/mol. The Morgan fingerprint density at radius 3 is 1.94 bits per heavy atom. The molecule has 1 rings (SSSR count). The van der Waals surface area contributed by atoms with E-state index in [4.69, 9.17) is 9.31 Å². The predicted octanol–water partition coefficient (Wildman–Crippen LogP) is 3.51. The second-order valence-corrected chi connectivity index (χ2v) is 11.7. The summed E-state index contributed by atoms with van der Waals surface area (Å²) < 4.78 is 12.0. The first-order valence-corrected chi connectivity index (χ1v) is 9.48. The molecule has 0 aromatic heterocycles. The number of rotatable bonds is 4. The third kappa shape index (κ3) is 2.99. The van der Waals surface area contributed by atoms with Crippen molar-refractivity contribution in [2.45, 2.75) is 64.0 Å². The van der Waals surface area contributed by atoms with Gasteiger partial charge in [0.15, 0.2) is 0 Å². The van der Waals surface area contributed by atoms with Gasteiger partial charge in [0.2, 0.25) is 0 Å². The SMILES string of the molecule is C=CC[Si](C)(C)CB1OC(C)(C)C(C)(C)O1. The van der Waals surface area contributed by atoms with Crippen LogP contribution in [0.4, 0.5) is 0 Å². The highest BCUT2D eigenvalue weighted by Gasteiger charge is 2.52. The molecule has 1 saturated heterocycles. The Hall–Kier alpha value is -0.0582. The van der Waals surface area contributed by atoms with Crippen LogP contribution in [0, 0.1) is 0 Å². The zero-order chi connectivity index (χ0) is 12.6. The molecule has 2 nitrogen and oxygen atoms in total. The van der Waals surface area contributed by atoms with E-state index in [0.717, 1.165) is 12.0 Å². The van der Waals surface area contributed by atoms with Gasteiger partial charge in [-0.1, -0.05) is 19.2 Å². The van der Waals surface area contributed by atoms with Crippen molar-refractivity contribution in [3.05, 3.63) is 12.7 Å². The van der Waals surface area contributed by atoms with Crippen molar-refractivity contribution >= 4 is 15.2 Å². The molecule has 0 atom stereocenters. The molecule has 0 radical (unpaired) electrons. The molecule has 0 bridgehead atoms. The van der Waals surface area contributed by atoms with Crippen LogP contribution in [0.25, 0.3) is 0 Å². The van der Waals surface area contributed by atoms with Crippen molar-refractivity contribution in [2.24, 2.45) is 0 Å². The van der Waals surface area contributed by atoms with E-state index in [9.17, 15) is 0 Å². The summed E-state index contributed by atoms with van der Waals surface area (Å²) in [7, 11) is -1.30. The summed E-state index contributed by atoms with van der Waals surface area (Å²) >= 11 is 0. The maximum absolute atomic E-state index is 6.02. The van der Waals surface area contributed by atoms with E-state index in [1.807, 2.05) is 6.08 Å². The van der Waals surface area contributed by atoms with Gasteiger partial charge in [0.25, 0.3) is 0 Å². The number of hydrogen-bond acceptors (Lipinski definition) is 2. The van der Waals surface area contributed by atoms with E-state index in [-0.39, 0.29) is 18.3 Å². The predicted molar refractivity (Wildman–Crippen MR) is 73.4 cm³/mol. The first kappa shape index (κ1) is 14.0. The zero-order valence-electron chi connectivity index (χ0n) is 11.6. The summed E-state index contributed by atoms with van der Waals surface area (Å²) in [6.07, 6.45) is 2.03. The Labute approximate surface area is 102 Å². The van der Waals surface area contributed by atoms with Crippen LogP contribution in [-0.4, -0.2) is 26.4 Å². The molecule has 0 aromatic rings. The third-order valence-electron chi connectivity index (χ3n) is 3.72. The standard InChI is InChI=1S/C12H25BO2Si/c1-8-9-16(6,7)10-13-14-11(2,3)12(4,5)15-13/h8H,1,9-10H2,2-7H3. The van der Waals surface area contributed by atoms with Crippen LogP contribution in [0.1, 0.15) is 27.7 Å². The summed E-state index contributed by atoms with van der Waals surface area (Å²) in [5.74, 6) is 1.05. The molecule has 1 aliphatic rings. The molecule has 1 heterocycles. The molecule has 0 spiro atoms. The quantitative estimate of drug-likeness (QED) is 0.553. The van der Waals surface area contributed by atoms with Crippen molar-refractivity contribution in [3.8, 4) is 0 Å². The number of hydrogen-bond donors (Lipinski definition) is 0. The largest absolute Gasteiger partial charge is 0.454 e. The van der Waals surface area contributed by atoms with E-state index in [0.29, 0.717) is 0 Å². The van der Waals surface area contributed by atoms with Gasteiger partial charge in [0, 0.05) is 8.07 Å². The fourth-order valence-corrected chi connectivity index (χ4v) is 3.99. The van der Waals surface area contributed by atoms with Gasteiger partial charge in [-0.15, -0.1) is 6.58 Å². The normalized spacial score (nSPS) is 23.5. The van der Waals surface area contributed by atoms with Gasteiger partial charge < -0.3 is 9.31 Å². The van der Waals surface area contributed by atoms with Gasteiger partial charge in [-0.2, -0.15) is 0 Å². The van der Waals surface area contributed by atoms with Gasteiger partial charge in [0.1, 0.15) is 0 Å². The van der Waals surface area contributed by atoms with E-state index < -0.39 is 8.07 Å². The Morgan fingerprint density at radius 1 is 1.12 bits per heavy atom. The first-order valence-electron chi connectivity index (χ1n) is 6.06. The Balaban J connectivity index is 2.64. The maximum Gasteiger partial charge on any atom is 0.454 e. The molecule has 92 valence electrons. The Kier molecular flexibility index (Phi) is 3.78. The lowest BCUT2D eigenvalue weighted by Gasteiger charge is -2.32. The lowest BCUT2D eigenvalue weighted by molar-refractivity contribution is 0.00578. The lowest BCUT2D eigenvalue weighted by atomic mass is 9.90. The summed E-state index contributed by atoms with van der Waals surface area (Å²) in [6, 6.07) is 1.12. The lowest BCUT2D eigenvalue weighted by Crippen LogP contribution is -2.41. The average molecular weight is 240 g/mol. The molecule has 0 N–H and O–H groups in total. The molecule has 16 heavy (non-hydrogen) atoms. The van der Waals surface area contributed by atoms with Crippen LogP contribution in [0.3, 0.4) is 0 Å². The van der Waals surface area contributed by atoms with Crippen molar-refractivity contribution in [1.29, 1.82) is 0 Å². The molecule has 0 amide bonds. The second kappa shape index (κ2) is 4.32. The van der Waals surface area contributed by atoms with Gasteiger partial charge in [-0.05, 0) is 39.7 Å². The van der Waals surface area contributed by atoms with Crippen molar-refractivity contribution in [3.63, 3.8) is 0 Å². The molecule has 4 heteroatoms. The fourth-order valence-electron chi connectivity index (χ4n) is 1.97. The molecule has 1 fully saturated rings. The fraction of sp³-hybridized carbons (Fsp3) is 0.833. The molecule has 1 aliphatic heterocycles. The van der Waals surface area contributed by atoms with E-state index in [1.165, 1.54) is 0 Å². The minimum absolute atomic E-state index is 0.0355. The maximum atomic E-state index is 6.02. The van der Waals surface area contributed by atoms with Gasteiger partial charge in [0.05, 0.1) is 11.2 Å². The number of allylic oxidation sites excluding steroid dienone is 1. The average Bonchev–Trinajstić information content (AvgIpc) is 2.17. The molecule has 0 saturated carbocycles. The smallest absolute Gasteiger partial charge is 0.403 e. The van der Waals surface area contributed by atoms with Crippen LogP contribution >= 0.6 is 0 Å². The van der Waals surface area contributed by atoms with Crippen LogP contribution in [0.2, 0.25) is 25.1 Å². The molecule has 0 unspecified atom stereocenters. The molecule has 0 aromatic carbocycles. The highest BCUT2D eigenvalue weighted by molar-refractivity contribution is 6.86. The van der Waals surface area contributed by atoms with Crippen molar-refractivity contribution in [1.82, 2.24) is 0 Å². The second-order valence-electron chi connectivity index (χ2n) is 6.55. The highest BCUT2D eigenvalue weighted by atomic mass is 28.3.